The number of hydrogen-bond acceptors (Lipinski definition) is 2. The highest BCUT2D eigenvalue weighted by molar-refractivity contribution is 6.04. The zero-order valence-electron chi connectivity index (χ0n) is 13.3. The molecule has 0 spiro atoms. The van der Waals surface area contributed by atoms with Gasteiger partial charge in [0.1, 0.15) is 0 Å². The standard InChI is InChI=1S/C19H19N3O/c1-14-8-9-17(15(2)12-14)19(23)20-18-10-11-22(21-18)13-16-6-4-3-5-7-16/h3-12H,13H2,1-2H3,(H,20,21,23). The fourth-order valence-electron chi connectivity index (χ4n) is 2.54. The highest BCUT2D eigenvalue weighted by atomic mass is 16.1. The molecule has 1 N–H and O–H groups in total. The quantitative estimate of drug-likeness (QED) is 0.797. The molecule has 1 heterocycles. The van der Waals surface area contributed by atoms with Crippen LogP contribution < -0.4 is 5.32 Å². The van der Waals surface area contributed by atoms with Crippen molar-refractivity contribution in [3.63, 3.8) is 0 Å². The van der Waals surface area contributed by atoms with Crippen LogP contribution in [0.1, 0.15) is 27.0 Å². The van der Waals surface area contributed by atoms with Crippen LogP contribution in [0.5, 0.6) is 0 Å². The molecule has 0 saturated heterocycles. The Morgan fingerprint density at radius 3 is 2.61 bits per heavy atom. The third-order valence-corrected chi connectivity index (χ3v) is 3.70. The minimum Gasteiger partial charge on any atom is -0.305 e. The summed E-state index contributed by atoms with van der Waals surface area (Å²) in [6.45, 7) is 4.64. The zero-order chi connectivity index (χ0) is 16.2. The first-order chi connectivity index (χ1) is 11.1. The Hall–Kier alpha value is -2.88. The Morgan fingerprint density at radius 2 is 1.87 bits per heavy atom. The van der Waals surface area contributed by atoms with E-state index < -0.39 is 0 Å². The molecule has 4 nitrogen and oxygen atoms in total. The van der Waals surface area contributed by atoms with Gasteiger partial charge in [-0.15, -0.1) is 0 Å². The lowest BCUT2D eigenvalue weighted by Crippen LogP contribution is -2.14. The molecule has 0 atom stereocenters. The summed E-state index contributed by atoms with van der Waals surface area (Å²) in [4.78, 5) is 12.4. The monoisotopic (exact) mass is 305 g/mol. The van der Waals surface area contributed by atoms with Crippen LogP contribution >= 0.6 is 0 Å². The number of nitrogens with zero attached hydrogens (tertiary/aromatic N) is 2. The van der Waals surface area contributed by atoms with Gasteiger partial charge in [-0.2, -0.15) is 5.10 Å². The highest BCUT2D eigenvalue weighted by Gasteiger charge is 2.10. The number of anilines is 1. The van der Waals surface area contributed by atoms with Crippen LogP contribution in [0.15, 0.2) is 60.8 Å². The maximum absolute atomic E-state index is 12.4. The van der Waals surface area contributed by atoms with E-state index in [-0.39, 0.29) is 5.91 Å². The maximum atomic E-state index is 12.4. The minimum absolute atomic E-state index is 0.132. The van der Waals surface area contributed by atoms with E-state index in [0.29, 0.717) is 17.9 Å². The van der Waals surface area contributed by atoms with Crippen LogP contribution in [-0.4, -0.2) is 15.7 Å². The first-order valence-electron chi connectivity index (χ1n) is 7.58. The van der Waals surface area contributed by atoms with Gasteiger partial charge in [-0.3, -0.25) is 9.48 Å². The minimum atomic E-state index is -0.132. The van der Waals surface area contributed by atoms with Crippen molar-refractivity contribution in [2.24, 2.45) is 0 Å². The summed E-state index contributed by atoms with van der Waals surface area (Å²) in [6, 6.07) is 17.7. The Balaban J connectivity index is 1.70. The lowest BCUT2D eigenvalue weighted by Gasteiger charge is -2.06. The van der Waals surface area contributed by atoms with E-state index in [1.807, 2.05) is 67.2 Å². The van der Waals surface area contributed by atoms with Crippen molar-refractivity contribution in [3.8, 4) is 0 Å². The first kappa shape index (κ1) is 15.0. The van der Waals surface area contributed by atoms with Crippen LogP contribution in [0.25, 0.3) is 0 Å². The number of carbonyl (C=O) groups is 1. The molecule has 1 aromatic heterocycles. The number of aromatic nitrogens is 2. The van der Waals surface area contributed by atoms with E-state index >= 15 is 0 Å². The Kier molecular flexibility index (Phi) is 4.24. The molecule has 0 aliphatic rings. The number of carbonyl (C=O) groups excluding carboxylic acids is 1. The van der Waals surface area contributed by atoms with E-state index in [4.69, 9.17) is 0 Å². The number of nitrogens with one attached hydrogen (secondary N) is 1. The van der Waals surface area contributed by atoms with Crippen molar-refractivity contribution >= 4 is 11.7 Å². The summed E-state index contributed by atoms with van der Waals surface area (Å²) >= 11 is 0. The smallest absolute Gasteiger partial charge is 0.257 e. The summed E-state index contributed by atoms with van der Waals surface area (Å²) in [6.07, 6.45) is 1.87. The average molecular weight is 305 g/mol. The fraction of sp³-hybridized carbons (Fsp3) is 0.158. The van der Waals surface area contributed by atoms with Crippen LogP contribution in [-0.2, 0) is 6.54 Å². The molecule has 3 rings (SSSR count). The topological polar surface area (TPSA) is 46.9 Å². The van der Waals surface area contributed by atoms with Gasteiger partial charge in [0.05, 0.1) is 6.54 Å². The predicted molar refractivity (Wildman–Crippen MR) is 91.6 cm³/mol. The van der Waals surface area contributed by atoms with Gasteiger partial charge >= 0.3 is 0 Å². The van der Waals surface area contributed by atoms with Crippen LogP contribution in [0.2, 0.25) is 0 Å². The fourth-order valence-corrected chi connectivity index (χ4v) is 2.54. The molecule has 3 aromatic rings. The third-order valence-electron chi connectivity index (χ3n) is 3.70. The summed E-state index contributed by atoms with van der Waals surface area (Å²) in [5.74, 6) is 0.429. The summed E-state index contributed by atoms with van der Waals surface area (Å²) in [5.41, 5.74) is 3.95. The van der Waals surface area contributed by atoms with E-state index in [9.17, 15) is 4.79 Å². The highest BCUT2D eigenvalue weighted by Crippen LogP contribution is 2.13. The van der Waals surface area contributed by atoms with E-state index in [0.717, 1.165) is 11.1 Å². The second kappa shape index (κ2) is 6.48. The molecule has 2 aromatic carbocycles. The predicted octanol–water partition coefficient (Wildman–Crippen LogP) is 3.80. The van der Waals surface area contributed by atoms with Gasteiger partial charge in [-0.05, 0) is 31.0 Å². The first-order valence-corrected chi connectivity index (χ1v) is 7.58. The molecule has 0 aliphatic heterocycles. The number of benzene rings is 2. The lowest BCUT2D eigenvalue weighted by atomic mass is 10.1. The van der Waals surface area contributed by atoms with Gasteiger partial charge in [0.2, 0.25) is 0 Å². The van der Waals surface area contributed by atoms with Crippen molar-refractivity contribution in [1.29, 1.82) is 0 Å². The number of aryl methyl sites for hydroxylation is 2. The molecule has 4 heteroatoms. The van der Waals surface area contributed by atoms with Crippen molar-refractivity contribution in [1.82, 2.24) is 9.78 Å². The summed E-state index contributed by atoms with van der Waals surface area (Å²) < 4.78 is 1.81. The second-order valence-electron chi connectivity index (χ2n) is 5.66. The van der Waals surface area contributed by atoms with Crippen molar-refractivity contribution in [3.05, 3.63) is 83.0 Å². The molecule has 1 amide bonds. The van der Waals surface area contributed by atoms with Gasteiger partial charge in [0.15, 0.2) is 5.82 Å². The van der Waals surface area contributed by atoms with Crippen LogP contribution in [0.3, 0.4) is 0 Å². The zero-order valence-corrected chi connectivity index (χ0v) is 13.3. The molecular formula is C19H19N3O. The molecule has 0 aliphatic carbocycles. The second-order valence-corrected chi connectivity index (χ2v) is 5.66. The average Bonchev–Trinajstić information content (AvgIpc) is 2.95. The largest absolute Gasteiger partial charge is 0.305 e. The number of amides is 1. The normalized spacial score (nSPS) is 10.5. The third kappa shape index (κ3) is 3.66. The van der Waals surface area contributed by atoms with Gasteiger partial charge in [0, 0.05) is 17.8 Å². The molecule has 23 heavy (non-hydrogen) atoms. The maximum Gasteiger partial charge on any atom is 0.257 e. The molecule has 0 radical (unpaired) electrons. The molecular weight excluding hydrogens is 286 g/mol. The van der Waals surface area contributed by atoms with Crippen molar-refractivity contribution in [2.45, 2.75) is 20.4 Å². The van der Waals surface area contributed by atoms with Crippen molar-refractivity contribution in [2.75, 3.05) is 5.32 Å². The van der Waals surface area contributed by atoms with Gasteiger partial charge < -0.3 is 5.32 Å². The Bertz CT molecular complexity index is 822. The van der Waals surface area contributed by atoms with Gasteiger partial charge in [-0.25, -0.2) is 0 Å². The Labute approximate surface area is 135 Å². The molecule has 0 bridgehead atoms. The summed E-state index contributed by atoms with van der Waals surface area (Å²) in [5, 5.41) is 7.26. The molecule has 0 saturated carbocycles. The van der Waals surface area contributed by atoms with Gasteiger partial charge in [0.25, 0.3) is 5.91 Å². The van der Waals surface area contributed by atoms with Crippen LogP contribution in [0.4, 0.5) is 5.82 Å². The van der Waals surface area contributed by atoms with Gasteiger partial charge in [-0.1, -0.05) is 48.0 Å². The van der Waals surface area contributed by atoms with E-state index in [1.54, 1.807) is 0 Å². The Morgan fingerprint density at radius 1 is 1.09 bits per heavy atom. The molecule has 0 unspecified atom stereocenters. The molecule has 0 fully saturated rings. The lowest BCUT2D eigenvalue weighted by molar-refractivity contribution is 0.102. The number of hydrogen-bond donors (Lipinski definition) is 1. The van der Waals surface area contributed by atoms with Crippen molar-refractivity contribution < 1.29 is 4.79 Å². The van der Waals surface area contributed by atoms with E-state index in [1.165, 1.54) is 5.56 Å². The van der Waals surface area contributed by atoms with E-state index in [2.05, 4.69) is 22.5 Å². The molecule has 116 valence electrons. The summed E-state index contributed by atoms with van der Waals surface area (Å²) in [7, 11) is 0. The number of rotatable bonds is 4. The van der Waals surface area contributed by atoms with Crippen LogP contribution in [0, 0.1) is 13.8 Å². The SMILES string of the molecule is Cc1ccc(C(=O)Nc2ccn(Cc3ccccc3)n2)c(C)c1.